The summed E-state index contributed by atoms with van der Waals surface area (Å²) < 4.78 is 20.8. The van der Waals surface area contributed by atoms with Gasteiger partial charge in [0.25, 0.3) is 0 Å². The van der Waals surface area contributed by atoms with Crippen molar-refractivity contribution in [3.63, 3.8) is 0 Å². The third kappa shape index (κ3) is 4.79. The van der Waals surface area contributed by atoms with Gasteiger partial charge in [-0.1, -0.05) is 46.3 Å². The maximum absolute atomic E-state index is 13.8. The molecule has 1 aliphatic heterocycles. The maximum atomic E-state index is 13.8. The minimum atomic E-state index is -0.318. The van der Waals surface area contributed by atoms with Crippen LogP contribution in [0.3, 0.4) is 0 Å². The quantitative estimate of drug-likeness (QED) is 0.344. The highest BCUT2D eigenvalue weighted by molar-refractivity contribution is 9.10. The molecule has 0 radical (unpaired) electrons. The van der Waals surface area contributed by atoms with Gasteiger partial charge in [0.2, 0.25) is 0 Å². The Morgan fingerprint density at radius 3 is 2.55 bits per heavy atom. The van der Waals surface area contributed by atoms with Gasteiger partial charge in [0.05, 0.1) is 17.1 Å². The molecule has 3 N–H and O–H groups in total. The summed E-state index contributed by atoms with van der Waals surface area (Å²) in [6.07, 6.45) is 1.73. The Balaban J connectivity index is 1.77. The van der Waals surface area contributed by atoms with Crippen molar-refractivity contribution in [2.75, 3.05) is 6.61 Å². The molecule has 0 aliphatic carbocycles. The summed E-state index contributed by atoms with van der Waals surface area (Å²) in [4.78, 5) is 0. The molecule has 31 heavy (non-hydrogen) atoms. The lowest BCUT2D eigenvalue weighted by Crippen LogP contribution is -2.39. The number of nitrogens with one attached hydrogen (secondary N) is 2. The van der Waals surface area contributed by atoms with E-state index in [1.165, 1.54) is 6.07 Å². The van der Waals surface area contributed by atoms with Crippen LogP contribution in [-0.4, -0.2) is 11.7 Å². The molecule has 3 aromatic carbocycles. The highest BCUT2D eigenvalue weighted by atomic mass is 79.9. The number of para-hydroxylation sites is 1. The molecule has 0 fully saturated rings. The Bertz CT molecular complexity index is 1120. The lowest BCUT2D eigenvalue weighted by atomic mass is 9.97. The van der Waals surface area contributed by atoms with Crippen molar-refractivity contribution in [2.24, 2.45) is 0 Å². The molecule has 2 unspecified atom stereocenters. The van der Waals surface area contributed by atoms with Crippen LogP contribution >= 0.6 is 31.9 Å². The molecule has 4 rings (SSSR count). The molecule has 1 aliphatic rings. The van der Waals surface area contributed by atoms with Gasteiger partial charge in [-0.25, -0.2) is 4.39 Å². The van der Waals surface area contributed by atoms with E-state index in [9.17, 15) is 9.50 Å². The van der Waals surface area contributed by atoms with Crippen LogP contribution in [0.1, 0.15) is 35.8 Å². The van der Waals surface area contributed by atoms with Gasteiger partial charge in [0.1, 0.15) is 12.0 Å². The van der Waals surface area contributed by atoms with E-state index >= 15 is 0 Å². The van der Waals surface area contributed by atoms with E-state index in [4.69, 9.17) is 4.74 Å². The lowest BCUT2D eigenvalue weighted by Gasteiger charge is -2.33. The lowest BCUT2D eigenvalue weighted by molar-refractivity contribution is 0.314. The van der Waals surface area contributed by atoms with E-state index in [0.29, 0.717) is 22.4 Å². The van der Waals surface area contributed by atoms with Gasteiger partial charge in [0.15, 0.2) is 11.5 Å². The molecule has 0 aromatic heterocycles. The number of rotatable bonds is 5. The first-order chi connectivity index (χ1) is 15.0. The van der Waals surface area contributed by atoms with Crippen LogP contribution < -0.4 is 15.4 Å². The Kier molecular flexibility index (Phi) is 6.65. The number of hydrogen-bond acceptors (Lipinski definition) is 4. The smallest absolute Gasteiger partial charge is 0.162 e. The maximum Gasteiger partial charge on any atom is 0.162 e. The molecular weight excluding hydrogens is 527 g/mol. The van der Waals surface area contributed by atoms with Crippen LogP contribution in [0.25, 0.3) is 5.70 Å². The number of ether oxygens (including phenoxy) is 1. The standard InChI is InChI=1S/C24H21Br2FN2O2/c1-2-31-22-5-3-4-17(23(22)30)21-13-20(14-6-9-16(25)10-7-14)28-24(29-21)15-8-11-19(27)18(26)12-15/h3-13,21,24,28-30H,2H2,1H3. The van der Waals surface area contributed by atoms with Crippen molar-refractivity contribution in [3.05, 3.63) is 98.2 Å². The predicted octanol–water partition coefficient (Wildman–Crippen LogP) is 6.43. The van der Waals surface area contributed by atoms with Gasteiger partial charge in [-0.05, 0) is 70.4 Å². The molecule has 0 spiro atoms. The van der Waals surface area contributed by atoms with Gasteiger partial charge in [-0.3, -0.25) is 5.32 Å². The summed E-state index contributed by atoms with van der Waals surface area (Å²) in [6, 6.07) is 18.1. The molecule has 1 heterocycles. The molecular formula is C24H21Br2FN2O2. The van der Waals surface area contributed by atoms with E-state index in [1.54, 1.807) is 18.2 Å². The molecule has 0 amide bonds. The van der Waals surface area contributed by atoms with Gasteiger partial charge < -0.3 is 15.2 Å². The Morgan fingerprint density at radius 2 is 1.84 bits per heavy atom. The summed E-state index contributed by atoms with van der Waals surface area (Å²) in [5.41, 5.74) is 3.47. The highest BCUT2D eigenvalue weighted by Gasteiger charge is 2.27. The van der Waals surface area contributed by atoms with Crippen molar-refractivity contribution >= 4 is 37.6 Å². The van der Waals surface area contributed by atoms with Crippen molar-refractivity contribution in [3.8, 4) is 11.5 Å². The molecule has 4 nitrogen and oxygen atoms in total. The fraction of sp³-hybridized carbons (Fsp3) is 0.167. The summed E-state index contributed by atoms with van der Waals surface area (Å²) in [6.45, 7) is 2.34. The molecule has 3 aromatic rings. The van der Waals surface area contributed by atoms with Crippen molar-refractivity contribution in [2.45, 2.75) is 19.1 Å². The monoisotopic (exact) mass is 546 g/mol. The van der Waals surface area contributed by atoms with E-state index in [2.05, 4.69) is 42.5 Å². The molecule has 160 valence electrons. The van der Waals surface area contributed by atoms with Crippen LogP contribution in [0.2, 0.25) is 0 Å². The van der Waals surface area contributed by atoms with E-state index in [0.717, 1.165) is 21.3 Å². The summed E-state index contributed by atoms with van der Waals surface area (Å²) in [7, 11) is 0. The Morgan fingerprint density at radius 1 is 1.06 bits per heavy atom. The molecule has 7 heteroatoms. The molecule has 0 saturated heterocycles. The van der Waals surface area contributed by atoms with Gasteiger partial charge >= 0.3 is 0 Å². The third-order valence-corrected chi connectivity index (χ3v) is 6.21. The van der Waals surface area contributed by atoms with Crippen LogP contribution in [0.4, 0.5) is 4.39 Å². The number of benzene rings is 3. The van der Waals surface area contributed by atoms with E-state index in [1.807, 2.05) is 49.4 Å². The number of phenolic OH excluding ortho intramolecular Hbond substituents is 1. The average molecular weight is 548 g/mol. The second-order valence-corrected chi connectivity index (χ2v) is 8.88. The third-order valence-electron chi connectivity index (χ3n) is 5.08. The first kappa shape index (κ1) is 21.9. The number of phenols is 1. The zero-order valence-corrected chi connectivity index (χ0v) is 19.9. The fourth-order valence-corrected chi connectivity index (χ4v) is 4.22. The first-order valence-electron chi connectivity index (χ1n) is 9.86. The normalized spacial score (nSPS) is 18.3. The molecule has 2 atom stereocenters. The van der Waals surface area contributed by atoms with Crippen molar-refractivity contribution in [1.82, 2.24) is 10.6 Å². The van der Waals surface area contributed by atoms with Crippen molar-refractivity contribution < 1.29 is 14.2 Å². The number of halogens is 3. The van der Waals surface area contributed by atoms with Crippen LogP contribution in [-0.2, 0) is 0 Å². The average Bonchev–Trinajstić information content (AvgIpc) is 2.77. The predicted molar refractivity (Wildman–Crippen MR) is 127 cm³/mol. The minimum absolute atomic E-state index is 0.106. The highest BCUT2D eigenvalue weighted by Crippen LogP contribution is 2.38. The SMILES string of the molecule is CCOc1cccc(C2C=C(c3ccc(Br)cc3)NC(c3ccc(F)c(Br)c3)N2)c1O. The van der Waals surface area contributed by atoms with Gasteiger partial charge in [0, 0.05) is 15.7 Å². The second kappa shape index (κ2) is 9.42. The van der Waals surface area contributed by atoms with Crippen molar-refractivity contribution in [1.29, 1.82) is 0 Å². The number of aromatic hydroxyl groups is 1. The topological polar surface area (TPSA) is 53.5 Å². The van der Waals surface area contributed by atoms with Crippen LogP contribution in [0.5, 0.6) is 11.5 Å². The largest absolute Gasteiger partial charge is 0.504 e. The van der Waals surface area contributed by atoms with Crippen LogP contribution in [0.15, 0.2) is 75.7 Å². The summed E-state index contributed by atoms with van der Waals surface area (Å²) >= 11 is 6.75. The zero-order valence-electron chi connectivity index (χ0n) is 16.7. The van der Waals surface area contributed by atoms with E-state index in [-0.39, 0.29) is 23.8 Å². The van der Waals surface area contributed by atoms with E-state index < -0.39 is 0 Å². The molecule has 0 bridgehead atoms. The minimum Gasteiger partial charge on any atom is -0.504 e. The van der Waals surface area contributed by atoms with Gasteiger partial charge in [-0.15, -0.1) is 0 Å². The zero-order chi connectivity index (χ0) is 22.0. The summed E-state index contributed by atoms with van der Waals surface area (Å²) in [5.74, 6) is 0.232. The Hall–Kier alpha value is -2.35. The summed E-state index contributed by atoms with van der Waals surface area (Å²) in [5, 5.41) is 17.8. The Labute approximate surface area is 197 Å². The first-order valence-corrected chi connectivity index (χ1v) is 11.4. The van der Waals surface area contributed by atoms with Gasteiger partial charge in [-0.2, -0.15) is 0 Å². The van der Waals surface area contributed by atoms with Crippen LogP contribution in [0, 0.1) is 5.82 Å². The fourth-order valence-electron chi connectivity index (χ4n) is 3.56. The second-order valence-electron chi connectivity index (χ2n) is 7.11. The number of hydrogen-bond donors (Lipinski definition) is 3. The molecule has 0 saturated carbocycles.